The van der Waals surface area contributed by atoms with Crippen LogP contribution in [0.3, 0.4) is 0 Å². The Labute approximate surface area is 99.3 Å². The molecule has 0 aliphatic carbocycles. The number of ether oxygens (including phenoxy) is 1. The normalized spacial score (nSPS) is 11.7. The van der Waals surface area contributed by atoms with Gasteiger partial charge in [-0.1, -0.05) is 6.92 Å². The van der Waals surface area contributed by atoms with E-state index in [0.29, 0.717) is 26.1 Å². The Balaban J connectivity index is 4.14. The van der Waals surface area contributed by atoms with E-state index in [1.165, 1.54) is 4.90 Å². The van der Waals surface area contributed by atoms with Gasteiger partial charge in [0, 0.05) is 19.6 Å². The van der Waals surface area contributed by atoms with Crippen molar-refractivity contribution in [1.29, 1.82) is 0 Å². The van der Waals surface area contributed by atoms with Crippen LogP contribution in [0.2, 0.25) is 0 Å². The van der Waals surface area contributed by atoms with Gasteiger partial charge >= 0.3 is 12.3 Å². The summed E-state index contributed by atoms with van der Waals surface area (Å²) < 4.78 is 39.8. The molecule has 0 rings (SSSR count). The van der Waals surface area contributed by atoms with Gasteiger partial charge in [0.15, 0.2) is 6.61 Å². The number of rotatable bonds is 6. The standard InChI is InChI=1S/C10H19F3N2O2/c1-4-5-15(7-6-14(2)3)9(16)17-8-10(11,12)13/h4-8H2,1-3H3. The summed E-state index contributed by atoms with van der Waals surface area (Å²) in [6, 6.07) is 0. The van der Waals surface area contributed by atoms with Gasteiger partial charge in [-0.3, -0.25) is 0 Å². The number of likely N-dealkylation sites (N-methyl/N-ethyl adjacent to an activating group) is 1. The predicted octanol–water partition coefficient (Wildman–Crippen LogP) is 1.96. The van der Waals surface area contributed by atoms with Gasteiger partial charge in [0.25, 0.3) is 0 Å². The number of carbonyl (C=O) groups is 1. The number of halogens is 3. The second-order valence-electron chi connectivity index (χ2n) is 3.96. The lowest BCUT2D eigenvalue weighted by Gasteiger charge is -2.23. The zero-order valence-corrected chi connectivity index (χ0v) is 10.4. The molecule has 0 aromatic carbocycles. The van der Waals surface area contributed by atoms with E-state index in [0.717, 1.165) is 0 Å². The van der Waals surface area contributed by atoms with Gasteiger partial charge in [-0.15, -0.1) is 0 Å². The average molecular weight is 256 g/mol. The number of hydrogen-bond donors (Lipinski definition) is 0. The highest BCUT2D eigenvalue weighted by Gasteiger charge is 2.30. The summed E-state index contributed by atoms with van der Waals surface area (Å²) in [7, 11) is 3.65. The van der Waals surface area contributed by atoms with Gasteiger partial charge in [-0.2, -0.15) is 13.2 Å². The molecule has 0 bridgehead atoms. The molecule has 0 unspecified atom stereocenters. The molecule has 0 N–H and O–H groups in total. The van der Waals surface area contributed by atoms with Crippen molar-refractivity contribution in [2.75, 3.05) is 40.3 Å². The first-order chi connectivity index (χ1) is 7.76. The Morgan fingerprint density at radius 2 is 1.76 bits per heavy atom. The van der Waals surface area contributed by atoms with E-state index in [2.05, 4.69) is 4.74 Å². The van der Waals surface area contributed by atoms with E-state index >= 15 is 0 Å². The molecule has 0 aliphatic heterocycles. The maximum absolute atomic E-state index is 11.9. The number of amides is 1. The van der Waals surface area contributed by atoms with Crippen LogP contribution >= 0.6 is 0 Å². The van der Waals surface area contributed by atoms with Gasteiger partial charge in [0.1, 0.15) is 0 Å². The SMILES string of the molecule is CCCN(CCN(C)C)C(=O)OCC(F)(F)F. The van der Waals surface area contributed by atoms with Gasteiger partial charge in [0.05, 0.1) is 0 Å². The Hall–Kier alpha value is -0.980. The molecule has 0 aromatic rings. The molecule has 1 amide bonds. The molecule has 4 nitrogen and oxygen atoms in total. The minimum absolute atomic E-state index is 0.359. The molecule has 0 aliphatic rings. The van der Waals surface area contributed by atoms with Crippen LogP contribution in [-0.2, 0) is 4.74 Å². The molecule has 0 aromatic heterocycles. The minimum Gasteiger partial charge on any atom is -0.440 e. The Morgan fingerprint density at radius 1 is 1.18 bits per heavy atom. The molecule has 0 atom stereocenters. The lowest BCUT2D eigenvalue weighted by Crippen LogP contribution is -2.38. The monoisotopic (exact) mass is 256 g/mol. The first kappa shape index (κ1) is 16.0. The first-order valence-corrected chi connectivity index (χ1v) is 5.39. The van der Waals surface area contributed by atoms with Gasteiger partial charge in [-0.25, -0.2) is 4.79 Å². The van der Waals surface area contributed by atoms with E-state index in [-0.39, 0.29) is 0 Å². The van der Waals surface area contributed by atoms with E-state index in [1.54, 1.807) is 0 Å². The summed E-state index contributed by atoms with van der Waals surface area (Å²) in [6.45, 7) is 1.65. The van der Waals surface area contributed by atoms with E-state index < -0.39 is 18.9 Å². The van der Waals surface area contributed by atoms with Crippen LogP contribution in [-0.4, -0.2) is 62.4 Å². The zero-order valence-electron chi connectivity index (χ0n) is 10.4. The van der Waals surface area contributed by atoms with Crippen molar-refractivity contribution in [2.45, 2.75) is 19.5 Å². The van der Waals surface area contributed by atoms with Crippen molar-refractivity contribution in [3.8, 4) is 0 Å². The molecule has 7 heteroatoms. The fourth-order valence-electron chi connectivity index (χ4n) is 1.12. The third-order valence-corrected chi connectivity index (χ3v) is 1.93. The van der Waals surface area contributed by atoms with Crippen molar-refractivity contribution in [1.82, 2.24) is 9.80 Å². The topological polar surface area (TPSA) is 32.8 Å². The molecule has 0 saturated heterocycles. The van der Waals surface area contributed by atoms with Gasteiger partial charge in [0.2, 0.25) is 0 Å². The van der Waals surface area contributed by atoms with Crippen LogP contribution < -0.4 is 0 Å². The number of nitrogens with zero attached hydrogens (tertiary/aromatic N) is 2. The quantitative estimate of drug-likeness (QED) is 0.728. The van der Waals surface area contributed by atoms with Crippen molar-refractivity contribution in [3.63, 3.8) is 0 Å². The lowest BCUT2D eigenvalue weighted by molar-refractivity contribution is -0.162. The Bertz CT molecular complexity index is 232. The number of alkyl halides is 3. The molecular weight excluding hydrogens is 237 g/mol. The summed E-state index contributed by atoms with van der Waals surface area (Å²) >= 11 is 0. The van der Waals surface area contributed by atoms with Crippen LogP contribution in [0.5, 0.6) is 0 Å². The third-order valence-electron chi connectivity index (χ3n) is 1.93. The van der Waals surface area contributed by atoms with Crippen molar-refractivity contribution >= 4 is 6.09 Å². The molecule has 0 radical (unpaired) electrons. The molecular formula is C10H19F3N2O2. The highest BCUT2D eigenvalue weighted by molar-refractivity contribution is 5.67. The fourth-order valence-corrected chi connectivity index (χ4v) is 1.12. The lowest BCUT2D eigenvalue weighted by atomic mass is 10.4. The third kappa shape index (κ3) is 8.79. The molecule has 0 saturated carbocycles. The summed E-state index contributed by atoms with van der Waals surface area (Å²) in [5, 5.41) is 0. The summed E-state index contributed by atoms with van der Waals surface area (Å²) in [6.07, 6.45) is -4.71. The zero-order chi connectivity index (χ0) is 13.5. The predicted molar refractivity (Wildman–Crippen MR) is 57.8 cm³/mol. The van der Waals surface area contributed by atoms with Crippen LogP contribution in [0.25, 0.3) is 0 Å². The maximum atomic E-state index is 11.9. The van der Waals surface area contributed by atoms with E-state index in [9.17, 15) is 18.0 Å². The fraction of sp³-hybridized carbons (Fsp3) is 0.900. The van der Waals surface area contributed by atoms with Crippen LogP contribution in [0.1, 0.15) is 13.3 Å². The molecule has 102 valence electrons. The van der Waals surface area contributed by atoms with E-state index in [4.69, 9.17) is 0 Å². The second-order valence-corrected chi connectivity index (χ2v) is 3.96. The van der Waals surface area contributed by atoms with Gasteiger partial charge < -0.3 is 14.5 Å². The Morgan fingerprint density at radius 3 is 2.18 bits per heavy atom. The molecule has 0 fully saturated rings. The summed E-state index contributed by atoms with van der Waals surface area (Å²) in [4.78, 5) is 14.5. The maximum Gasteiger partial charge on any atom is 0.422 e. The largest absolute Gasteiger partial charge is 0.440 e. The summed E-state index contributed by atoms with van der Waals surface area (Å²) in [5.74, 6) is 0. The number of carbonyl (C=O) groups excluding carboxylic acids is 1. The van der Waals surface area contributed by atoms with Crippen LogP contribution in [0.15, 0.2) is 0 Å². The van der Waals surface area contributed by atoms with Crippen LogP contribution in [0, 0.1) is 0 Å². The van der Waals surface area contributed by atoms with Crippen molar-refractivity contribution in [2.24, 2.45) is 0 Å². The second kappa shape index (κ2) is 7.37. The molecule has 0 spiro atoms. The Kier molecular flexibility index (Phi) is 6.94. The first-order valence-electron chi connectivity index (χ1n) is 5.39. The minimum atomic E-state index is -4.48. The van der Waals surface area contributed by atoms with Crippen molar-refractivity contribution < 1.29 is 22.7 Å². The van der Waals surface area contributed by atoms with Crippen LogP contribution in [0.4, 0.5) is 18.0 Å². The van der Waals surface area contributed by atoms with Gasteiger partial charge in [-0.05, 0) is 20.5 Å². The van der Waals surface area contributed by atoms with Crippen molar-refractivity contribution in [3.05, 3.63) is 0 Å². The molecule has 0 heterocycles. The van der Waals surface area contributed by atoms with E-state index in [1.807, 2.05) is 25.9 Å². The average Bonchev–Trinajstić information content (AvgIpc) is 2.19. The highest BCUT2D eigenvalue weighted by atomic mass is 19.4. The number of hydrogen-bond acceptors (Lipinski definition) is 3. The highest BCUT2D eigenvalue weighted by Crippen LogP contribution is 2.15. The smallest absolute Gasteiger partial charge is 0.422 e. The molecule has 17 heavy (non-hydrogen) atoms. The summed E-state index contributed by atoms with van der Waals surface area (Å²) in [5.41, 5.74) is 0.